The number of benzene rings is 2. The molecule has 0 aliphatic heterocycles. The van der Waals surface area contributed by atoms with E-state index in [0.717, 1.165) is 27.8 Å². The van der Waals surface area contributed by atoms with Gasteiger partial charge >= 0.3 is 11.8 Å². The van der Waals surface area contributed by atoms with Gasteiger partial charge in [0.25, 0.3) is 0 Å². The number of nitrogens with one attached hydrogen (secondary N) is 1. The van der Waals surface area contributed by atoms with Gasteiger partial charge in [-0.15, -0.1) is 0 Å². The third kappa shape index (κ3) is 3.34. The van der Waals surface area contributed by atoms with Gasteiger partial charge < -0.3 is 19.0 Å². The van der Waals surface area contributed by atoms with Crippen LogP contribution < -0.4 is 10.1 Å². The van der Waals surface area contributed by atoms with Gasteiger partial charge in [-0.05, 0) is 37.6 Å². The van der Waals surface area contributed by atoms with Gasteiger partial charge in [0, 0.05) is 17.5 Å². The highest BCUT2D eigenvalue weighted by Crippen LogP contribution is 2.33. The molecule has 0 saturated carbocycles. The normalized spacial score (nSPS) is 11.0. The van der Waals surface area contributed by atoms with E-state index in [4.69, 9.17) is 13.7 Å². The van der Waals surface area contributed by atoms with E-state index in [2.05, 4.69) is 15.5 Å². The predicted octanol–water partition coefficient (Wildman–Crippen LogP) is 4.04. The highest BCUT2D eigenvalue weighted by Gasteiger charge is 2.21. The van der Waals surface area contributed by atoms with Crippen molar-refractivity contribution in [3.8, 4) is 17.3 Å². The maximum Gasteiger partial charge on any atom is 0.316 e. The zero-order valence-electron chi connectivity index (χ0n) is 15.8. The summed E-state index contributed by atoms with van der Waals surface area (Å²) < 4.78 is 16.2. The van der Waals surface area contributed by atoms with E-state index in [1.807, 2.05) is 56.3 Å². The topological polar surface area (TPSA) is 90.4 Å². The zero-order valence-corrected chi connectivity index (χ0v) is 15.8. The summed E-state index contributed by atoms with van der Waals surface area (Å²) in [5.74, 6) is 0.876. The van der Waals surface area contributed by atoms with Gasteiger partial charge in [0.1, 0.15) is 11.3 Å². The third-order valence-electron chi connectivity index (χ3n) is 4.50. The standard InChI is InChI=1S/C21H19N3O4/c1-12-5-4-6-14(9-12)11-22-20(25)21-23-19(24-28-21)18-13(2)16-10-15(26-3)7-8-17(16)27-18/h4-10H,11H2,1-3H3,(H,22,25). The Hall–Kier alpha value is -3.61. The van der Waals surface area contributed by atoms with E-state index in [9.17, 15) is 4.79 Å². The summed E-state index contributed by atoms with van der Waals surface area (Å²) in [6.45, 7) is 4.27. The molecule has 0 bridgehead atoms. The summed E-state index contributed by atoms with van der Waals surface area (Å²) in [4.78, 5) is 16.5. The third-order valence-corrected chi connectivity index (χ3v) is 4.50. The fourth-order valence-corrected chi connectivity index (χ4v) is 3.03. The number of methoxy groups -OCH3 is 1. The molecule has 0 saturated heterocycles. The highest BCUT2D eigenvalue weighted by molar-refractivity contribution is 5.91. The van der Waals surface area contributed by atoms with Crippen LogP contribution in [0.25, 0.3) is 22.6 Å². The lowest BCUT2D eigenvalue weighted by molar-refractivity contribution is 0.0907. The maximum atomic E-state index is 12.3. The van der Waals surface area contributed by atoms with Gasteiger partial charge in [0.05, 0.1) is 7.11 Å². The largest absolute Gasteiger partial charge is 0.497 e. The molecule has 7 heteroatoms. The van der Waals surface area contributed by atoms with Gasteiger partial charge in [-0.1, -0.05) is 35.0 Å². The zero-order chi connectivity index (χ0) is 19.7. The Morgan fingerprint density at radius 1 is 1.18 bits per heavy atom. The van der Waals surface area contributed by atoms with Gasteiger partial charge in [0.2, 0.25) is 5.82 Å². The number of carbonyl (C=O) groups is 1. The molecule has 4 rings (SSSR count). The molecule has 0 aliphatic carbocycles. The van der Waals surface area contributed by atoms with Crippen molar-refractivity contribution in [1.82, 2.24) is 15.5 Å². The molecule has 2 aromatic heterocycles. The Balaban J connectivity index is 1.54. The van der Waals surface area contributed by atoms with Crippen molar-refractivity contribution < 1.29 is 18.5 Å². The van der Waals surface area contributed by atoms with Crippen molar-refractivity contribution in [3.05, 3.63) is 65.0 Å². The van der Waals surface area contributed by atoms with E-state index >= 15 is 0 Å². The molecule has 0 radical (unpaired) electrons. The monoisotopic (exact) mass is 377 g/mol. The molecule has 0 spiro atoms. The molecule has 0 unspecified atom stereocenters. The minimum Gasteiger partial charge on any atom is -0.497 e. The first-order valence-corrected chi connectivity index (χ1v) is 8.80. The van der Waals surface area contributed by atoms with Crippen molar-refractivity contribution in [1.29, 1.82) is 0 Å². The minimum absolute atomic E-state index is 0.111. The van der Waals surface area contributed by atoms with Gasteiger partial charge in [-0.3, -0.25) is 4.79 Å². The second-order valence-corrected chi connectivity index (χ2v) is 6.51. The van der Waals surface area contributed by atoms with Gasteiger partial charge in [0.15, 0.2) is 5.76 Å². The van der Waals surface area contributed by atoms with Gasteiger partial charge in [-0.25, -0.2) is 0 Å². The molecule has 7 nitrogen and oxygen atoms in total. The van der Waals surface area contributed by atoms with Crippen LogP contribution in [0.1, 0.15) is 27.4 Å². The van der Waals surface area contributed by atoms with Crippen molar-refractivity contribution >= 4 is 16.9 Å². The van der Waals surface area contributed by atoms with Gasteiger partial charge in [-0.2, -0.15) is 4.98 Å². The van der Waals surface area contributed by atoms with Crippen molar-refractivity contribution in [3.63, 3.8) is 0 Å². The maximum absolute atomic E-state index is 12.3. The van der Waals surface area contributed by atoms with Crippen LogP contribution in [0.2, 0.25) is 0 Å². The van der Waals surface area contributed by atoms with E-state index in [0.29, 0.717) is 17.9 Å². The quantitative estimate of drug-likeness (QED) is 0.564. The second-order valence-electron chi connectivity index (χ2n) is 6.51. The minimum atomic E-state index is -0.435. The lowest BCUT2D eigenvalue weighted by Crippen LogP contribution is -2.23. The molecule has 28 heavy (non-hydrogen) atoms. The lowest BCUT2D eigenvalue weighted by Gasteiger charge is -2.03. The van der Waals surface area contributed by atoms with Crippen LogP contribution in [0.5, 0.6) is 5.75 Å². The fraction of sp³-hybridized carbons (Fsp3) is 0.190. The summed E-state index contributed by atoms with van der Waals surface area (Å²) in [7, 11) is 1.61. The SMILES string of the molecule is COc1ccc2oc(-c3noc(C(=O)NCc4cccc(C)c4)n3)c(C)c2c1. The second kappa shape index (κ2) is 7.19. The van der Waals surface area contributed by atoms with Crippen molar-refractivity contribution in [2.45, 2.75) is 20.4 Å². The number of carbonyl (C=O) groups excluding carboxylic acids is 1. The molecule has 2 aromatic carbocycles. The van der Waals surface area contributed by atoms with Crippen molar-refractivity contribution in [2.75, 3.05) is 7.11 Å². The molecule has 2 heterocycles. The lowest BCUT2D eigenvalue weighted by atomic mass is 10.1. The Bertz CT molecular complexity index is 1160. The Morgan fingerprint density at radius 2 is 2.04 bits per heavy atom. The van der Waals surface area contributed by atoms with E-state index < -0.39 is 5.91 Å². The Kier molecular flexibility index (Phi) is 4.57. The summed E-state index contributed by atoms with van der Waals surface area (Å²) in [5, 5.41) is 7.58. The fourth-order valence-electron chi connectivity index (χ4n) is 3.03. The first-order chi connectivity index (χ1) is 13.5. The van der Waals surface area contributed by atoms with Crippen LogP contribution in [0.3, 0.4) is 0 Å². The molecule has 1 amide bonds. The highest BCUT2D eigenvalue weighted by atomic mass is 16.5. The first-order valence-electron chi connectivity index (χ1n) is 8.80. The Morgan fingerprint density at radius 3 is 2.82 bits per heavy atom. The average Bonchev–Trinajstić information content (AvgIpc) is 3.31. The molecule has 0 atom stereocenters. The average molecular weight is 377 g/mol. The van der Waals surface area contributed by atoms with E-state index in [1.165, 1.54) is 0 Å². The van der Waals surface area contributed by atoms with E-state index in [-0.39, 0.29) is 11.7 Å². The number of rotatable bonds is 5. The number of hydrogen-bond acceptors (Lipinski definition) is 6. The molecule has 0 fully saturated rings. The summed E-state index contributed by atoms with van der Waals surface area (Å²) in [6, 6.07) is 13.4. The number of furan rings is 1. The number of fused-ring (bicyclic) bond motifs is 1. The van der Waals surface area contributed by atoms with Crippen LogP contribution in [0, 0.1) is 13.8 Å². The number of hydrogen-bond donors (Lipinski definition) is 1. The smallest absolute Gasteiger partial charge is 0.316 e. The number of nitrogens with zero attached hydrogens (tertiary/aromatic N) is 2. The number of aromatic nitrogens is 2. The molecule has 1 N–H and O–H groups in total. The van der Waals surface area contributed by atoms with Crippen LogP contribution in [0.15, 0.2) is 51.4 Å². The van der Waals surface area contributed by atoms with Crippen LogP contribution in [-0.4, -0.2) is 23.2 Å². The van der Waals surface area contributed by atoms with E-state index in [1.54, 1.807) is 7.11 Å². The molecular weight excluding hydrogens is 358 g/mol. The molecule has 4 aromatic rings. The summed E-state index contributed by atoms with van der Waals surface area (Å²) in [5.41, 5.74) is 3.66. The summed E-state index contributed by atoms with van der Waals surface area (Å²) >= 11 is 0. The van der Waals surface area contributed by atoms with Crippen LogP contribution in [-0.2, 0) is 6.54 Å². The number of amides is 1. The number of ether oxygens (including phenoxy) is 1. The molecular formula is C21H19N3O4. The summed E-state index contributed by atoms with van der Waals surface area (Å²) in [6.07, 6.45) is 0. The first kappa shape index (κ1) is 17.8. The Labute approximate surface area is 161 Å². The van der Waals surface area contributed by atoms with Crippen LogP contribution in [0.4, 0.5) is 0 Å². The predicted molar refractivity (Wildman–Crippen MR) is 103 cm³/mol. The molecule has 0 aliphatic rings. The number of aryl methyl sites for hydroxylation is 2. The van der Waals surface area contributed by atoms with Crippen molar-refractivity contribution in [2.24, 2.45) is 0 Å². The molecule has 142 valence electrons. The van der Waals surface area contributed by atoms with Crippen LogP contribution >= 0.6 is 0 Å².